The first-order chi connectivity index (χ1) is 14.8. The van der Waals surface area contributed by atoms with Gasteiger partial charge in [0.2, 0.25) is 0 Å². The van der Waals surface area contributed by atoms with Gasteiger partial charge in [-0.25, -0.2) is 9.50 Å². The Morgan fingerprint density at radius 2 is 1.77 bits per heavy atom. The van der Waals surface area contributed by atoms with Crippen LogP contribution in [0.1, 0.15) is 21.6 Å². The summed E-state index contributed by atoms with van der Waals surface area (Å²) in [4.78, 5) is 17.0. The molecule has 0 fully saturated rings. The molecule has 9 heteroatoms. The van der Waals surface area contributed by atoms with Crippen LogP contribution < -0.4 is 5.32 Å². The van der Waals surface area contributed by atoms with Crippen molar-refractivity contribution in [3.63, 3.8) is 0 Å². The second kappa shape index (κ2) is 8.50. The van der Waals surface area contributed by atoms with Crippen LogP contribution in [0.15, 0.2) is 71.3 Å². The van der Waals surface area contributed by atoms with Crippen LogP contribution in [0.3, 0.4) is 0 Å². The summed E-state index contributed by atoms with van der Waals surface area (Å²) >= 11 is 3.30. The van der Waals surface area contributed by atoms with E-state index in [-0.39, 0.29) is 16.9 Å². The number of amides is 1. The SMILES string of the molecule is O=C(NCCc1ccccc1)c1cnn2c(C(F)(F)F)cc(-c3ccc(Br)cc3)nc12. The summed E-state index contributed by atoms with van der Waals surface area (Å²) in [6.07, 6.45) is -2.96. The zero-order valence-electron chi connectivity index (χ0n) is 16.0. The Morgan fingerprint density at radius 3 is 2.45 bits per heavy atom. The van der Waals surface area contributed by atoms with Crippen LogP contribution in [0.25, 0.3) is 16.9 Å². The predicted octanol–water partition coefficient (Wildman–Crippen LogP) is 5.15. The second-order valence-electron chi connectivity index (χ2n) is 6.82. The van der Waals surface area contributed by atoms with Crippen molar-refractivity contribution in [2.75, 3.05) is 6.54 Å². The average molecular weight is 489 g/mol. The minimum Gasteiger partial charge on any atom is -0.352 e. The van der Waals surface area contributed by atoms with Crippen molar-refractivity contribution in [2.24, 2.45) is 0 Å². The Morgan fingerprint density at radius 1 is 1.06 bits per heavy atom. The standard InChI is InChI=1S/C22H16BrF3N4O/c23-16-8-6-15(7-9-16)18-12-19(22(24,25)26)30-20(29-18)17(13-28-30)21(31)27-11-10-14-4-2-1-3-5-14/h1-9,12-13H,10-11H2,(H,27,31). The van der Waals surface area contributed by atoms with Gasteiger partial charge in [0.15, 0.2) is 11.3 Å². The van der Waals surface area contributed by atoms with E-state index in [2.05, 4.69) is 31.3 Å². The van der Waals surface area contributed by atoms with Crippen LogP contribution in [0.5, 0.6) is 0 Å². The molecule has 31 heavy (non-hydrogen) atoms. The second-order valence-corrected chi connectivity index (χ2v) is 7.73. The number of benzene rings is 2. The molecule has 2 aromatic carbocycles. The fourth-order valence-corrected chi connectivity index (χ4v) is 3.42. The maximum Gasteiger partial charge on any atom is 0.433 e. The highest BCUT2D eigenvalue weighted by Crippen LogP contribution is 2.33. The normalized spacial score (nSPS) is 11.6. The molecule has 1 amide bonds. The Labute approximate surface area is 184 Å². The molecular weight excluding hydrogens is 473 g/mol. The Bertz CT molecular complexity index is 1220. The van der Waals surface area contributed by atoms with E-state index in [9.17, 15) is 18.0 Å². The molecular formula is C22H16BrF3N4O. The van der Waals surface area contributed by atoms with Gasteiger partial charge in [-0.3, -0.25) is 4.79 Å². The summed E-state index contributed by atoms with van der Waals surface area (Å²) < 4.78 is 42.5. The van der Waals surface area contributed by atoms with Crippen molar-refractivity contribution in [1.29, 1.82) is 0 Å². The molecule has 0 atom stereocenters. The van der Waals surface area contributed by atoms with Crippen LogP contribution >= 0.6 is 15.9 Å². The maximum absolute atomic E-state index is 13.7. The number of halogens is 4. The van der Waals surface area contributed by atoms with Gasteiger partial charge in [0, 0.05) is 16.6 Å². The highest BCUT2D eigenvalue weighted by molar-refractivity contribution is 9.10. The van der Waals surface area contributed by atoms with Gasteiger partial charge >= 0.3 is 6.18 Å². The molecule has 0 aliphatic heterocycles. The van der Waals surface area contributed by atoms with E-state index in [0.717, 1.165) is 22.3 Å². The first-order valence-electron chi connectivity index (χ1n) is 9.37. The van der Waals surface area contributed by atoms with Gasteiger partial charge in [-0.05, 0) is 30.2 Å². The van der Waals surface area contributed by atoms with Gasteiger partial charge in [0.1, 0.15) is 5.56 Å². The molecule has 0 radical (unpaired) electrons. The van der Waals surface area contributed by atoms with E-state index in [1.807, 2.05) is 30.3 Å². The summed E-state index contributed by atoms with van der Waals surface area (Å²) in [5.41, 5.74) is 0.470. The first-order valence-corrected chi connectivity index (χ1v) is 10.2. The molecule has 0 saturated heterocycles. The summed E-state index contributed by atoms with van der Waals surface area (Å²) in [7, 11) is 0. The van der Waals surface area contributed by atoms with E-state index < -0.39 is 17.8 Å². The fraction of sp³-hybridized carbons (Fsp3) is 0.136. The summed E-state index contributed by atoms with van der Waals surface area (Å²) in [5, 5.41) is 6.52. The largest absolute Gasteiger partial charge is 0.433 e. The minimum absolute atomic E-state index is 0.0162. The number of rotatable bonds is 5. The summed E-state index contributed by atoms with van der Waals surface area (Å²) in [6, 6.07) is 17.2. The lowest BCUT2D eigenvalue weighted by Gasteiger charge is -2.12. The molecule has 0 saturated carbocycles. The van der Waals surface area contributed by atoms with Gasteiger partial charge in [0.05, 0.1) is 11.9 Å². The number of nitrogens with one attached hydrogen (secondary N) is 1. The Kier molecular flexibility index (Phi) is 5.77. The van der Waals surface area contributed by atoms with Crippen LogP contribution in [0.4, 0.5) is 13.2 Å². The fourth-order valence-electron chi connectivity index (χ4n) is 3.15. The summed E-state index contributed by atoms with van der Waals surface area (Å²) in [5.74, 6) is -0.528. The molecule has 4 rings (SSSR count). The topological polar surface area (TPSA) is 59.3 Å². The minimum atomic E-state index is -4.67. The highest BCUT2D eigenvalue weighted by Gasteiger charge is 2.36. The number of alkyl halides is 3. The number of fused-ring (bicyclic) bond motifs is 1. The molecule has 0 aliphatic carbocycles. The number of carbonyl (C=O) groups is 1. The first kappa shape index (κ1) is 21.0. The molecule has 2 heterocycles. The highest BCUT2D eigenvalue weighted by atomic mass is 79.9. The third-order valence-electron chi connectivity index (χ3n) is 4.69. The van der Waals surface area contributed by atoms with Crippen LogP contribution in [0.2, 0.25) is 0 Å². The lowest BCUT2D eigenvalue weighted by Crippen LogP contribution is -2.26. The summed E-state index contributed by atoms with van der Waals surface area (Å²) in [6.45, 7) is 0.332. The van der Waals surface area contributed by atoms with E-state index in [1.54, 1.807) is 24.3 Å². The lowest BCUT2D eigenvalue weighted by molar-refractivity contribution is -0.142. The number of carbonyl (C=O) groups excluding carboxylic acids is 1. The molecule has 4 aromatic rings. The zero-order valence-corrected chi connectivity index (χ0v) is 17.6. The molecule has 5 nitrogen and oxygen atoms in total. The van der Waals surface area contributed by atoms with Gasteiger partial charge in [0.25, 0.3) is 5.91 Å². The molecule has 0 spiro atoms. The number of nitrogens with zero attached hydrogens (tertiary/aromatic N) is 3. The quantitative estimate of drug-likeness (QED) is 0.422. The molecule has 1 N–H and O–H groups in total. The predicted molar refractivity (Wildman–Crippen MR) is 114 cm³/mol. The van der Waals surface area contributed by atoms with Gasteiger partial charge in [-0.15, -0.1) is 0 Å². The third-order valence-corrected chi connectivity index (χ3v) is 5.22. The third kappa shape index (κ3) is 4.61. The van der Waals surface area contributed by atoms with Crippen LogP contribution in [-0.2, 0) is 12.6 Å². The van der Waals surface area contributed by atoms with Crippen molar-refractivity contribution in [3.8, 4) is 11.3 Å². The monoisotopic (exact) mass is 488 g/mol. The van der Waals surface area contributed by atoms with Crippen LogP contribution in [0, 0.1) is 0 Å². The smallest absolute Gasteiger partial charge is 0.352 e. The molecule has 0 aliphatic rings. The lowest BCUT2D eigenvalue weighted by atomic mass is 10.1. The number of hydrogen-bond donors (Lipinski definition) is 1. The maximum atomic E-state index is 13.7. The van der Waals surface area contributed by atoms with E-state index >= 15 is 0 Å². The van der Waals surface area contributed by atoms with Crippen molar-refractivity contribution in [3.05, 3.63) is 88.2 Å². The number of aromatic nitrogens is 3. The van der Waals surface area contributed by atoms with Crippen molar-refractivity contribution in [1.82, 2.24) is 19.9 Å². The van der Waals surface area contributed by atoms with Crippen molar-refractivity contribution < 1.29 is 18.0 Å². The average Bonchev–Trinajstić information content (AvgIpc) is 3.17. The van der Waals surface area contributed by atoms with Gasteiger partial charge in [-0.1, -0.05) is 58.4 Å². The van der Waals surface area contributed by atoms with E-state index in [1.165, 1.54) is 0 Å². The van der Waals surface area contributed by atoms with Crippen molar-refractivity contribution >= 4 is 27.5 Å². The van der Waals surface area contributed by atoms with Gasteiger partial charge < -0.3 is 5.32 Å². The van der Waals surface area contributed by atoms with E-state index in [0.29, 0.717) is 23.0 Å². The molecule has 0 bridgehead atoms. The Hall–Kier alpha value is -3.20. The Balaban J connectivity index is 1.68. The number of hydrogen-bond acceptors (Lipinski definition) is 3. The van der Waals surface area contributed by atoms with E-state index in [4.69, 9.17) is 0 Å². The van der Waals surface area contributed by atoms with Crippen LogP contribution in [-0.4, -0.2) is 27.0 Å². The molecule has 0 unspecified atom stereocenters. The zero-order chi connectivity index (χ0) is 22.0. The van der Waals surface area contributed by atoms with Crippen molar-refractivity contribution in [2.45, 2.75) is 12.6 Å². The molecule has 158 valence electrons. The molecule has 2 aromatic heterocycles. The van der Waals surface area contributed by atoms with Gasteiger partial charge in [-0.2, -0.15) is 18.3 Å².